The number of benzene rings is 1. The van der Waals surface area contributed by atoms with Gasteiger partial charge in [0.1, 0.15) is 0 Å². The van der Waals surface area contributed by atoms with Crippen molar-refractivity contribution < 1.29 is 4.21 Å². The third-order valence-electron chi connectivity index (χ3n) is 3.73. The number of rotatable bonds is 6. The molecule has 3 nitrogen and oxygen atoms in total. The molecule has 1 atom stereocenters. The van der Waals surface area contributed by atoms with E-state index in [-0.39, 0.29) is 0 Å². The minimum absolute atomic E-state index is 0.365. The van der Waals surface area contributed by atoms with Gasteiger partial charge in [-0.2, -0.15) is 0 Å². The Bertz CT molecular complexity index is 428. The van der Waals surface area contributed by atoms with E-state index in [0.717, 1.165) is 49.1 Å². The summed E-state index contributed by atoms with van der Waals surface area (Å²) < 4.78 is 11.4. The number of halogens is 1. The van der Waals surface area contributed by atoms with E-state index in [1.165, 1.54) is 5.56 Å². The van der Waals surface area contributed by atoms with Crippen molar-refractivity contribution >= 4 is 22.4 Å². The SMILES string of the molecule is CCNC(CCN1CCS(=O)CC1)c1ccc(Cl)cc1. The van der Waals surface area contributed by atoms with E-state index in [1.54, 1.807) is 0 Å². The van der Waals surface area contributed by atoms with E-state index in [2.05, 4.69) is 29.3 Å². The number of nitrogens with one attached hydrogen (secondary N) is 1. The van der Waals surface area contributed by atoms with Crippen LogP contribution in [-0.2, 0) is 10.8 Å². The maximum atomic E-state index is 11.4. The summed E-state index contributed by atoms with van der Waals surface area (Å²) in [6, 6.07) is 8.46. The summed E-state index contributed by atoms with van der Waals surface area (Å²) in [5, 5.41) is 4.32. The normalized spacial score (nSPS) is 19.1. The minimum Gasteiger partial charge on any atom is -0.310 e. The monoisotopic (exact) mass is 314 g/mol. The van der Waals surface area contributed by atoms with Gasteiger partial charge in [-0.1, -0.05) is 30.7 Å². The Balaban J connectivity index is 1.89. The van der Waals surface area contributed by atoms with Crippen LogP contribution in [0.4, 0.5) is 0 Å². The fourth-order valence-electron chi connectivity index (χ4n) is 2.54. The first kappa shape index (κ1) is 16.0. The van der Waals surface area contributed by atoms with Gasteiger partial charge in [-0.3, -0.25) is 4.21 Å². The Morgan fingerprint density at radius 3 is 2.55 bits per heavy atom. The lowest BCUT2D eigenvalue weighted by Crippen LogP contribution is -2.39. The lowest BCUT2D eigenvalue weighted by molar-refractivity contribution is 0.279. The van der Waals surface area contributed by atoms with Crippen LogP contribution in [0.25, 0.3) is 0 Å². The fourth-order valence-corrected chi connectivity index (χ4v) is 3.79. The molecule has 20 heavy (non-hydrogen) atoms. The van der Waals surface area contributed by atoms with Gasteiger partial charge in [0.25, 0.3) is 0 Å². The maximum absolute atomic E-state index is 11.4. The Kier molecular flexibility index (Phi) is 6.49. The molecule has 1 aromatic carbocycles. The second-order valence-corrected chi connectivity index (χ2v) is 7.27. The van der Waals surface area contributed by atoms with Crippen LogP contribution in [0.15, 0.2) is 24.3 Å². The first-order valence-electron chi connectivity index (χ1n) is 7.25. The van der Waals surface area contributed by atoms with Crippen molar-refractivity contribution in [3.8, 4) is 0 Å². The highest BCUT2D eigenvalue weighted by Crippen LogP contribution is 2.20. The van der Waals surface area contributed by atoms with E-state index in [1.807, 2.05) is 12.1 Å². The predicted molar refractivity (Wildman–Crippen MR) is 86.8 cm³/mol. The van der Waals surface area contributed by atoms with Crippen molar-refractivity contribution in [2.75, 3.05) is 37.7 Å². The topological polar surface area (TPSA) is 32.3 Å². The van der Waals surface area contributed by atoms with Crippen LogP contribution in [-0.4, -0.2) is 46.8 Å². The first-order valence-corrected chi connectivity index (χ1v) is 9.12. The Labute approximate surface area is 129 Å². The molecule has 1 aromatic rings. The molecular weight excluding hydrogens is 292 g/mol. The van der Waals surface area contributed by atoms with Crippen molar-refractivity contribution in [1.82, 2.24) is 10.2 Å². The van der Waals surface area contributed by atoms with Crippen LogP contribution in [0.2, 0.25) is 5.02 Å². The van der Waals surface area contributed by atoms with E-state index in [0.29, 0.717) is 6.04 Å². The summed E-state index contributed by atoms with van der Waals surface area (Å²) in [4.78, 5) is 2.42. The van der Waals surface area contributed by atoms with Crippen LogP contribution in [0.5, 0.6) is 0 Å². The van der Waals surface area contributed by atoms with Gasteiger partial charge in [0, 0.05) is 53.0 Å². The first-order chi connectivity index (χ1) is 9.69. The second-order valence-electron chi connectivity index (χ2n) is 5.14. The highest BCUT2D eigenvalue weighted by atomic mass is 35.5. The molecule has 1 heterocycles. The highest BCUT2D eigenvalue weighted by Gasteiger charge is 2.17. The van der Waals surface area contributed by atoms with Crippen LogP contribution in [0, 0.1) is 0 Å². The summed E-state index contributed by atoms with van der Waals surface area (Å²) in [5.41, 5.74) is 1.29. The quantitative estimate of drug-likeness (QED) is 0.875. The van der Waals surface area contributed by atoms with Gasteiger partial charge in [0.15, 0.2) is 0 Å². The third kappa shape index (κ3) is 4.85. The molecule has 112 valence electrons. The molecule has 0 aromatic heterocycles. The van der Waals surface area contributed by atoms with Crippen LogP contribution in [0.3, 0.4) is 0 Å². The van der Waals surface area contributed by atoms with E-state index in [4.69, 9.17) is 11.6 Å². The molecule has 1 N–H and O–H groups in total. The van der Waals surface area contributed by atoms with Crippen molar-refractivity contribution in [3.05, 3.63) is 34.9 Å². The molecular formula is C15H23ClN2OS. The summed E-state index contributed by atoms with van der Waals surface area (Å²) in [6.45, 7) is 6.07. The zero-order valence-electron chi connectivity index (χ0n) is 12.0. The summed E-state index contributed by atoms with van der Waals surface area (Å²) in [6.07, 6.45) is 1.07. The zero-order chi connectivity index (χ0) is 14.4. The fraction of sp³-hybridized carbons (Fsp3) is 0.600. The number of hydrogen-bond donors (Lipinski definition) is 1. The Morgan fingerprint density at radius 2 is 1.95 bits per heavy atom. The zero-order valence-corrected chi connectivity index (χ0v) is 13.6. The van der Waals surface area contributed by atoms with Crippen molar-refractivity contribution in [2.24, 2.45) is 0 Å². The van der Waals surface area contributed by atoms with Gasteiger partial charge in [-0.15, -0.1) is 0 Å². The molecule has 0 amide bonds. The smallest absolute Gasteiger partial charge is 0.0406 e. The average molecular weight is 315 g/mol. The van der Waals surface area contributed by atoms with Gasteiger partial charge in [-0.05, 0) is 30.7 Å². The van der Waals surface area contributed by atoms with Gasteiger partial charge >= 0.3 is 0 Å². The molecule has 1 aliphatic rings. The lowest BCUT2D eigenvalue weighted by Gasteiger charge is -2.28. The summed E-state index contributed by atoms with van der Waals surface area (Å²) in [5.74, 6) is 1.65. The standard InChI is InChI=1S/C15H23ClN2OS/c1-2-17-15(13-3-5-14(16)6-4-13)7-8-18-9-11-20(19)12-10-18/h3-6,15,17H,2,7-12H2,1H3. The second kappa shape index (κ2) is 8.13. The predicted octanol–water partition coefficient (Wildman–Crippen LogP) is 2.45. The van der Waals surface area contributed by atoms with Crippen molar-refractivity contribution in [3.63, 3.8) is 0 Å². The molecule has 2 rings (SSSR count). The molecule has 1 fully saturated rings. The Morgan fingerprint density at radius 1 is 1.30 bits per heavy atom. The highest BCUT2D eigenvalue weighted by molar-refractivity contribution is 7.85. The van der Waals surface area contributed by atoms with Gasteiger partial charge in [0.05, 0.1) is 0 Å². The Hall–Kier alpha value is -0.420. The third-order valence-corrected chi connectivity index (χ3v) is 5.26. The molecule has 0 radical (unpaired) electrons. The molecule has 1 saturated heterocycles. The van der Waals surface area contributed by atoms with Gasteiger partial charge < -0.3 is 10.2 Å². The van der Waals surface area contributed by atoms with E-state index in [9.17, 15) is 4.21 Å². The number of hydrogen-bond acceptors (Lipinski definition) is 3. The molecule has 0 aliphatic carbocycles. The average Bonchev–Trinajstić information content (AvgIpc) is 2.46. The number of nitrogens with zero attached hydrogens (tertiary/aromatic N) is 1. The molecule has 0 saturated carbocycles. The maximum Gasteiger partial charge on any atom is 0.0406 e. The molecule has 5 heteroatoms. The van der Waals surface area contributed by atoms with Gasteiger partial charge in [-0.25, -0.2) is 0 Å². The van der Waals surface area contributed by atoms with Crippen LogP contribution < -0.4 is 5.32 Å². The molecule has 1 unspecified atom stereocenters. The van der Waals surface area contributed by atoms with Crippen molar-refractivity contribution in [1.29, 1.82) is 0 Å². The van der Waals surface area contributed by atoms with Crippen LogP contribution in [0.1, 0.15) is 24.9 Å². The summed E-state index contributed by atoms with van der Waals surface area (Å²) >= 11 is 5.95. The summed E-state index contributed by atoms with van der Waals surface area (Å²) in [7, 11) is -0.589. The van der Waals surface area contributed by atoms with E-state index < -0.39 is 10.8 Å². The largest absolute Gasteiger partial charge is 0.310 e. The molecule has 0 spiro atoms. The van der Waals surface area contributed by atoms with E-state index >= 15 is 0 Å². The minimum atomic E-state index is -0.589. The lowest BCUT2D eigenvalue weighted by atomic mass is 10.0. The van der Waals surface area contributed by atoms with Crippen molar-refractivity contribution in [2.45, 2.75) is 19.4 Å². The van der Waals surface area contributed by atoms with Crippen LogP contribution >= 0.6 is 11.6 Å². The molecule has 0 bridgehead atoms. The van der Waals surface area contributed by atoms with Gasteiger partial charge in [0.2, 0.25) is 0 Å². The molecule has 1 aliphatic heterocycles.